The van der Waals surface area contributed by atoms with Crippen molar-refractivity contribution in [3.8, 4) is 10.7 Å². The number of anilines is 2. The van der Waals surface area contributed by atoms with Crippen LogP contribution in [0.15, 0.2) is 30.5 Å². The van der Waals surface area contributed by atoms with Gasteiger partial charge in [0, 0.05) is 19.1 Å². The van der Waals surface area contributed by atoms with Crippen LogP contribution in [0.2, 0.25) is 5.02 Å². The molecule has 0 radical (unpaired) electrons. The molecule has 1 N–H and O–H groups in total. The zero-order valence-corrected chi connectivity index (χ0v) is 16.2. The summed E-state index contributed by atoms with van der Waals surface area (Å²) in [4.78, 5) is 21.9. The summed E-state index contributed by atoms with van der Waals surface area (Å²) >= 11 is 7.88. The van der Waals surface area contributed by atoms with Gasteiger partial charge in [-0.2, -0.15) is 4.80 Å². The van der Waals surface area contributed by atoms with Gasteiger partial charge < -0.3 is 14.9 Å². The monoisotopic (exact) mass is 417 g/mol. The summed E-state index contributed by atoms with van der Waals surface area (Å²) in [6.07, 6.45) is 2.80. The molecular formula is C17H16ClN7O2S. The van der Waals surface area contributed by atoms with E-state index in [1.165, 1.54) is 11.3 Å². The fourth-order valence-corrected chi connectivity index (χ4v) is 5.08. The Morgan fingerprint density at radius 1 is 1.25 bits per heavy atom. The van der Waals surface area contributed by atoms with E-state index in [9.17, 15) is 4.79 Å². The van der Waals surface area contributed by atoms with Crippen LogP contribution in [-0.4, -0.2) is 61.4 Å². The molecule has 3 aromatic rings. The Labute approximate surface area is 169 Å². The van der Waals surface area contributed by atoms with Crippen molar-refractivity contribution in [3.05, 3.63) is 35.5 Å². The van der Waals surface area contributed by atoms with Gasteiger partial charge in [0.05, 0.1) is 27.8 Å². The van der Waals surface area contributed by atoms with Crippen LogP contribution in [0.3, 0.4) is 0 Å². The molecule has 1 aromatic carbocycles. The average molecular weight is 418 g/mol. The highest BCUT2D eigenvalue weighted by molar-refractivity contribution is 7.18. The SMILES string of the molecule is O=C(O)Cn1nnc(-c2cnc(N3C[C@@H]4C[C@H]3CN4c3ccccc3Cl)s2)n1. The second-order valence-corrected chi connectivity index (χ2v) is 8.26. The molecule has 0 spiro atoms. The van der Waals surface area contributed by atoms with Crippen LogP contribution in [0.4, 0.5) is 10.8 Å². The Bertz CT molecular complexity index is 1040. The molecule has 28 heavy (non-hydrogen) atoms. The minimum absolute atomic E-state index is 0.313. The summed E-state index contributed by atoms with van der Waals surface area (Å²) in [7, 11) is 0. The normalized spacial score (nSPS) is 20.9. The number of carboxylic acid groups (broad SMARTS) is 1. The molecule has 9 nitrogen and oxygen atoms in total. The third-order valence-electron chi connectivity index (χ3n) is 5.09. The number of hydrogen-bond acceptors (Lipinski definition) is 8. The van der Waals surface area contributed by atoms with Gasteiger partial charge in [0.25, 0.3) is 0 Å². The van der Waals surface area contributed by atoms with Crippen LogP contribution in [0.1, 0.15) is 6.42 Å². The molecule has 11 heteroatoms. The van der Waals surface area contributed by atoms with E-state index >= 15 is 0 Å². The van der Waals surface area contributed by atoms with Gasteiger partial charge in [-0.15, -0.1) is 10.2 Å². The van der Waals surface area contributed by atoms with E-state index in [2.05, 4.69) is 36.3 Å². The lowest BCUT2D eigenvalue weighted by molar-refractivity contribution is -0.138. The number of benzene rings is 1. The number of piperazine rings is 1. The molecule has 0 saturated carbocycles. The molecule has 2 atom stereocenters. The van der Waals surface area contributed by atoms with Crippen molar-refractivity contribution >= 4 is 39.7 Å². The van der Waals surface area contributed by atoms with Crippen molar-refractivity contribution in [3.63, 3.8) is 0 Å². The Hall–Kier alpha value is -2.72. The third kappa shape index (κ3) is 2.98. The Morgan fingerprint density at radius 3 is 2.79 bits per heavy atom. The molecule has 4 heterocycles. The maximum atomic E-state index is 10.8. The Morgan fingerprint density at radius 2 is 2.04 bits per heavy atom. The number of hydrogen-bond donors (Lipinski definition) is 1. The van der Waals surface area contributed by atoms with Crippen LogP contribution in [0.25, 0.3) is 10.7 Å². The van der Waals surface area contributed by atoms with Gasteiger partial charge in [0.15, 0.2) is 11.7 Å². The van der Waals surface area contributed by atoms with E-state index in [4.69, 9.17) is 16.7 Å². The van der Waals surface area contributed by atoms with Gasteiger partial charge in [-0.25, -0.2) is 4.98 Å². The van der Waals surface area contributed by atoms with Crippen molar-refractivity contribution in [1.82, 2.24) is 25.2 Å². The van der Waals surface area contributed by atoms with Crippen molar-refractivity contribution in [2.45, 2.75) is 25.0 Å². The lowest BCUT2D eigenvalue weighted by Gasteiger charge is -2.35. The topological polar surface area (TPSA) is 100 Å². The zero-order chi connectivity index (χ0) is 19.3. The van der Waals surface area contributed by atoms with Crippen molar-refractivity contribution in [2.75, 3.05) is 22.9 Å². The molecule has 144 valence electrons. The highest BCUT2D eigenvalue weighted by Crippen LogP contribution is 2.41. The van der Waals surface area contributed by atoms with E-state index in [-0.39, 0.29) is 6.54 Å². The Balaban J connectivity index is 1.31. The second-order valence-electron chi connectivity index (χ2n) is 6.84. The van der Waals surface area contributed by atoms with Crippen LogP contribution in [0, 0.1) is 0 Å². The highest BCUT2D eigenvalue weighted by Gasteiger charge is 2.44. The Kier molecular flexibility index (Phi) is 4.17. The largest absolute Gasteiger partial charge is 0.480 e. The van der Waals surface area contributed by atoms with Crippen LogP contribution >= 0.6 is 22.9 Å². The minimum Gasteiger partial charge on any atom is -0.480 e. The summed E-state index contributed by atoms with van der Waals surface area (Å²) in [6, 6.07) is 8.76. The van der Waals surface area contributed by atoms with Crippen LogP contribution < -0.4 is 9.80 Å². The number of aliphatic carboxylic acids is 1. The van der Waals surface area contributed by atoms with E-state index in [1.807, 2.05) is 18.2 Å². The second kappa shape index (κ2) is 6.71. The number of para-hydroxylation sites is 1. The quantitative estimate of drug-likeness (QED) is 0.672. The standard InChI is InChI=1S/C17H16ClN7O2S/c18-12-3-1-2-4-13(12)23-7-11-5-10(23)8-24(11)17-19-6-14(28-17)16-20-22-25(21-16)9-15(26)27/h1-4,6,10-11H,5,7-9H2,(H,26,27)/t10-,11-/m0/s1. The molecule has 2 fully saturated rings. The molecule has 0 unspecified atom stereocenters. The van der Waals surface area contributed by atoms with Crippen molar-refractivity contribution < 1.29 is 9.90 Å². The number of tetrazole rings is 1. The number of thiazole rings is 1. The molecule has 0 amide bonds. The van der Waals surface area contributed by atoms with E-state index < -0.39 is 5.97 Å². The first-order valence-electron chi connectivity index (χ1n) is 8.82. The molecule has 2 saturated heterocycles. The van der Waals surface area contributed by atoms with Gasteiger partial charge in [0.2, 0.25) is 5.82 Å². The molecule has 2 aliphatic heterocycles. The summed E-state index contributed by atoms with van der Waals surface area (Å²) in [6.45, 7) is 1.49. The smallest absolute Gasteiger partial charge is 0.327 e. The van der Waals surface area contributed by atoms with Gasteiger partial charge in [0.1, 0.15) is 0 Å². The predicted molar refractivity (Wildman–Crippen MR) is 105 cm³/mol. The van der Waals surface area contributed by atoms with Gasteiger partial charge in [-0.3, -0.25) is 4.79 Å². The molecule has 0 aliphatic carbocycles. The number of carboxylic acids is 1. The summed E-state index contributed by atoms with van der Waals surface area (Å²) in [5.74, 6) is -0.614. The van der Waals surface area contributed by atoms with E-state index in [1.54, 1.807) is 6.20 Å². The molecule has 2 aromatic heterocycles. The summed E-state index contributed by atoms with van der Waals surface area (Å²) in [5, 5.41) is 22.4. The van der Waals surface area contributed by atoms with Crippen molar-refractivity contribution in [1.29, 1.82) is 0 Å². The molecule has 2 aliphatic rings. The van der Waals surface area contributed by atoms with Crippen LogP contribution in [0.5, 0.6) is 0 Å². The maximum absolute atomic E-state index is 10.8. The molecular weight excluding hydrogens is 402 g/mol. The molecule has 5 rings (SSSR count). The van der Waals surface area contributed by atoms with Gasteiger partial charge >= 0.3 is 5.97 Å². The maximum Gasteiger partial charge on any atom is 0.327 e. The number of halogens is 1. The van der Waals surface area contributed by atoms with E-state index in [0.717, 1.165) is 45.0 Å². The summed E-state index contributed by atoms with van der Waals surface area (Å²) in [5.41, 5.74) is 1.09. The van der Waals surface area contributed by atoms with Gasteiger partial charge in [-0.05, 0) is 23.8 Å². The summed E-state index contributed by atoms with van der Waals surface area (Å²) < 4.78 is 0. The average Bonchev–Trinajstić information content (AvgIpc) is 3.44. The third-order valence-corrected chi connectivity index (χ3v) is 6.44. The van der Waals surface area contributed by atoms with Crippen molar-refractivity contribution in [2.24, 2.45) is 0 Å². The minimum atomic E-state index is -1.01. The first kappa shape index (κ1) is 17.4. The predicted octanol–water partition coefficient (Wildman–Crippen LogP) is 2.00. The van der Waals surface area contributed by atoms with Crippen LogP contribution in [-0.2, 0) is 11.3 Å². The number of fused-ring (bicyclic) bond motifs is 2. The lowest BCUT2D eigenvalue weighted by Crippen LogP contribution is -2.46. The lowest BCUT2D eigenvalue weighted by atomic mass is 10.2. The number of aromatic nitrogens is 5. The number of rotatable bonds is 5. The number of nitrogens with zero attached hydrogens (tertiary/aromatic N) is 7. The first-order valence-corrected chi connectivity index (χ1v) is 10.0. The fourth-order valence-electron chi connectivity index (χ4n) is 3.91. The molecule has 2 bridgehead atoms. The zero-order valence-electron chi connectivity index (χ0n) is 14.6. The van der Waals surface area contributed by atoms with Gasteiger partial charge in [-0.1, -0.05) is 35.1 Å². The highest BCUT2D eigenvalue weighted by atomic mass is 35.5. The first-order chi connectivity index (χ1) is 13.6. The fraction of sp³-hybridized carbons (Fsp3) is 0.353. The number of carbonyl (C=O) groups is 1. The van der Waals surface area contributed by atoms with E-state index in [0.29, 0.717) is 17.9 Å².